The number of allylic oxidation sites excluding steroid dienone is 1. The molecule has 1 heterocycles. The summed E-state index contributed by atoms with van der Waals surface area (Å²) in [5.74, 6) is 0. The smallest absolute Gasteiger partial charge is 0.236 e. The first kappa shape index (κ1) is 16.5. The van der Waals surface area contributed by atoms with Gasteiger partial charge in [0.05, 0.1) is 11.8 Å². The lowest BCUT2D eigenvalue weighted by Crippen LogP contribution is -2.14. The highest BCUT2D eigenvalue weighted by Gasteiger charge is 2.21. The summed E-state index contributed by atoms with van der Waals surface area (Å²) < 4.78 is 26.4. The highest BCUT2D eigenvalue weighted by Crippen LogP contribution is 2.29. The van der Waals surface area contributed by atoms with Crippen LogP contribution in [0.5, 0.6) is 0 Å². The van der Waals surface area contributed by atoms with E-state index in [9.17, 15) is 8.42 Å². The van der Waals surface area contributed by atoms with E-state index in [4.69, 9.17) is 0 Å². The van der Waals surface area contributed by atoms with Gasteiger partial charge in [0.2, 0.25) is 10.0 Å². The zero-order chi connectivity index (χ0) is 17.2. The van der Waals surface area contributed by atoms with Gasteiger partial charge < -0.3 is 0 Å². The van der Waals surface area contributed by atoms with Crippen LogP contribution in [0.2, 0.25) is 0 Å². The molecule has 2 aromatic carbocycles. The van der Waals surface area contributed by atoms with Gasteiger partial charge in [0.15, 0.2) is 0 Å². The lowest BCUT2D eigenvalue weighted by Gasteiger charge is -2.10. The van der Waals surface area contributed by atoms with E-state index in [0.29, 0.717) is 12.8 Å². The van der Waals surface area contributed by atoms with Gasteiger partial charge in [-0.3, -0.25) is 0 Å². The molecule has 0 N–H and O–H groups in total. The van der Waals surface area contributed by atoms with Crippen LogP contribution < -0.4 is 0 Å². The van der Waals surface area contributed by atoms with Crippen LogP contribution in [0.15, 0.2) is 67.3 Å². The topological polar surface area (TPSA) is 39.1 Å². The Kier molecular flexibility index (Phi) is 4.58. The minimum absolute atomic E-state index is 0.660. The third-order valence-electron chi connectivity index (χ3n) is 4.21. The van der Waals surface area contributed by atoms with E-state index in [1.54, 1.807) is 0 Å². The average molecular weight is 339 g/mol. The summed E-state index contributed by atoms with van der Waals surface area (Å²) in [6, 6.07) is 17.8. The van der Waals surface area contributed by atoms with Crippen molar-refractivity contribution in [3.05, 3.63) is 84.1 Å². The molecule has 3 rings (SSSR count). The molecule has 0 spiro atoms. The van der Waals surface area contributed by atoms with Crippen LogP contribution in [0.3, 0.4) is 0 Å². The van der Waals surface area contributed by atoms with Crippen LogP contribution in [0.1, 0.15) is 16.8 Å². The summed E-state index contributed by atoms with van der Waals surface area (Å²) in [6.07, 6.45) is 5.24. The van der Waals surface area contributed by atoms with Gasteiger partial charge in [-0.05, 0) is 36.5 Å². The van der Waals surface area contributed by atoms with Gasteiger partial charge in [0.1, 0.15) is 0 Å². The molecule has 3 aromatic rings. The lowest BCUT2D eigenvalue weighted by molar-refractivity contribution is 0.592. The van der Waals surface area contributed by atoms with Crippen molar-refractivity contribution in [2.75, 3.05) is 6.26 Å². The van der Waals surface area contributed by atoms with Crippen LogP contribution in [-0.2, 0) is 29.3 Å². The first-order chi connectivity index (χ1) is 11.5. The monoisotopic (exact) mass is 339 g/mol. The molecular weight excluding hydrogens is 318 g/mol. The molecule has 1 aromatic heterocycles. The summed E-state index contributed by atoms with van der Waals surface area (Å²) in [7, 11) is -3.38. The Bertz CT molecular complexity index is 970. The van der Waals surface area contributed by atoms with Crippen LogP contribution in [0.4, 0.5) is 0 Å². The van der Waals surface area contributed by atoms with E-state index >= 15 is 0 Å². The quantitative estimate of drug-likeness (QED) is 0.638. The molecule has 0 saturated carbocycles. The molecule has 0 bridgehead atoms. The summed E-state index contributed by atoms with van der Waals surface area (Å²) >= 11 is 0. The van der Waals surface area contributed by atoms with Gasteiger partial charge in [-0.25, -0.2) is 12.4 Å². The van der Waals surface area contributed by atoms with Gasteiger partial charge >= 0.3 is 0 Å². The summed E-state index contributed by atoms with van der Waals surface area (Å²) in [6.45, 7) is 3.83. The van der Waals surface area contributed by atoms with Gasteiger partial charge in [-0.15, -0.1) is 6.58 Å². The van der Waals surface area contributed by atoms with E-state index in [1.807, 2.05) is 48.5 Å². The van der Waals surface area contributed by atoms with Crippen LogP contribution in [0.25, 0.3) is 10.9 Å². The Morgan fingerprint density at radius 2 is 1.67 bits per heavy atom. The van der Waals surface area contributed by atoms with Crippen molar-refractivity contribution < 1.29 is 8.42 Å². The molecule has 0 aliphatic rings. The zero-order valence-corrected chi connectivity index (χ0v) is 14.6. The number of nitrogens with zero attached hydrogens (tertiary/aromatic N) is 1. The van der Waals surface area contributed by atoms with Crippen molar-refractivity contribution in [3.8, 4) is 0 Å². The molecule has 0 saturated heterocycles. The number of benzene rings is 2. The fraction of sp³-hybridized carbons (Fsp3) is 0.200. The van der Waals surface area contributed by atoms with E-state index < -0.39 is 10.0 Å². The molecule has 24 heavy (non-hydrogen) atoms. The minimum atomic E-state index is -3.38. The second-order valence-electron chi connectivity index (χ2n) is 5.95. The van der Waals surface area contributed by atoms with Crippen molar-refractivity contribution in [2.45, 2.75) is 19.3 Å². The van der Waals surface area contributed by atoms with Gasteiger partial charge in [-0.1, -0.05) is 54.6 Å². The first-order valence-corrected chi connectivity index (χ1v) is 9.83. The van der Waals surface area contributed by atoms with Crippen LogP contribution in [0, 0.1) is 0 Å². The predicted octanol–water partition coefficient (Wildman–Crippen LogP) is 3.96. The number of para-hydroxylation sites is 1. The van der Waals surface area contributed by atoms with Crippen LogP contribution in [-0.4, -0.2) is 18.6 Å². The number of aryl methyl sites for hydroxylation is 1. The molecule has 0 unspecified atom stereocenters. The molecule has 0 fully saturated rings. The number of hydrogen-bond acceptors (Lipinski definition) is 2. The Labute approximate surface area is 143 Å². The Hall–Kier alpha value is -2.33. The van der Waals surface area contributed by atoms with Crippen molar-refractivity contribution in [2.24, 2.45) is 0 Å². The molecule has 124 valence electrons. The van der Waals surface area contributed by atoms with E-state index in [1.165, 1.54) is 15.8 Å². The predicted molar refractivity (Wildman–Crippen MR) is 99.9 cm³/mol. The Balaban J connectivity index is 2.16. The summed E-state index contributed by atoms with van der Waals surface area (Å²) in [5.41, 5.74) is 3.87. The molecule has 0 aliphatic heterocycles. The fourth-order valence-corrected chi connectivity index (χ4v) is 4.36. The number of hydrogen-bond donors (Lipinski definition) is 0. The maximum atomic E-state index is 12.4. The van der Waals surface area contributed by atoms with Gasteiger partial charge in [0, 0.05) is 11.1 Å². The van der Waals surface area contributed by atoms with E-state index in [-0.39, 0.29) is 0 Å². The minimum Gasteiger partial charge on any atom is -0.242 e. The highest BCUT2D eigenvalue weighted by atomic mass is 32.2. The fourth-order valence-electron chi connectivity index (χ4n) is 3.24. The average Bonchev–Trinajstić information content (AvgIpc) is 2.88. The number of aromatic nitrogens is 1. The molecule has 0 atom stereocenters. The van der Waals surface area contributed by atoms with Crippen molar-refractivity contribution in [3.63, 3.8) is 0 Å². The van der Waals surface area contributed by atoms with Crippen LogP contribution >= 0.6 is 0 Å². The van der Waals surface area contributed by atoms with E-state index in [0.717, 1.165) is 28.6 Å². The largest absolute Gasteiger partial charge is 0.242 e. The molecular formula is C20H21NO2S. The van der Waals surface area contributed by atoms with E-state index in [2.05, 4.69) is 18.7 Å². The van der Waals surface area contributed by atoms with Crippen molar-refractivity contribution >= 4 is 20.9 Å². The van der Waals surface area contributed by atoms with Gasteiger partial charge in [0.25, 0.3) is 0 Å². The highest BCUT2D eigenvalue weighted by molar-refractivity contribution is 7.89. The Morgan fingerprint density at radius 3 is 2.33 bits per heavy atom. The summed E-state index contributed by atoms with van der Waals surface area (Å²) in [5, 5.41) is 0.992. The maximum absolute atomic E-state index is 12.4. The zero-order valence-electron chi connectivity index (χ0n) is 13.8. The standard InChI is InChI=1S/C20H21NO2S/c1-3-9-17-18-12-7-8-13-19(18)21(24(2,22)23)20(17)15-14-16-10-5-4-6-11-16/h3-8,10-13H,1,9,14-15H2,2H3. The van der Waals surface area contributed by atoms with Crippen molar-refractivity contribution in [1.82, 2.24) is 3.97 Å². The molecule has 3 nitrogen and oxygen atoms in total. The second kappa shape index (κ2) is 6.65. The summed E-state index contributed by atoms with van der Waals surface area (Å²) in [4.78, 5) is 0. The van der Waals surface area contributed by atoms with Gasteiger partial charge in [-0.2, -0.15) is 0 Å². The first-order valence-electron chi connectivity index (χ1n) is 7.99. The maximum Gasteiger partial charge on any atom is 0.236 e. The molecule has 0 amide bonds. The number of fused-ring (bicyclic) bond motifs is 1. The molecule has 4 heteroatoms. The normalized spacial score (nSPS) is 11.7. The second-order valence-corrected chi connectivity index (χ2v) is 7.78. The molecule has 0 aliphatic carbocycles. The Morgan fingerprint density at radius 1 is 1.00 bits per heavy atom. The molecule has 0 radical (unpaired) electrons. The number of rotatable bonds is 6. The SMILES string of the molecule is C=CCc1c(CCc2ccccc2)n(S(C)(=O)=O)c2ccccc12. The lowest BCUT2D eigenvalue weighted by atomic mass is 10.0. The van der Waals surface area contributed by atoms with Crippen molar-refractivity contribution in [1.29, 1.82) is 0 Å². The third-order valence-corrected chi connectivity index (χ3v) is 5.30. The third kappa shape index (κ3) is 3.15.